The zero-order valence-corrected chi connectivity index (χ0v) is 38.0. The fourth-order valence-electron chi connectivity index (χ4n) is 12.3. The van der Waals surface area contributed by atoms with Crippen LogP contribution in [0.1, 0.15) is 44.5 Å². The Bertz CT molecular complexity index is 3790. The number of anilines is 3. The molecule has 0 radical (unpaired) electrons. The Hall–Kier alpha value is -7.08. The van der Waals surface area contributed by atoms with Gasteiger partial charge in [0.2, 0.25) is 0 Å². The summed E-state index contributed by atoms with van der Waals surface area (Å²) in [5.41, 5.74) is 18.4. The van der Waals surface area contributed by atoms with E-state index in [0.717, 1.165) is 11.4 Å². The molecule has 308 valence electrons. The summed E-state index contributed by atoms with van der Waals surface area (Å²) in [6.07, 6.45) is 0. The molecule has 10 aromatic carbocycles. The molecule has 2 spiro atoms. The molecule has 0 N–H and O–H groups in total. The molecule has 0 fully saturated rings. The van der Waals surface area contributed by atoms with Crippen LogP contribution in [0.5, 0.6) is 0 Å². The van der Waals surface area contributed by atoms with Crippen molar-refractivity contribution in [3.8, 4) is 22.3 Å². The number of hydrogen-bond acceptors (Lipinski definition) is 4. The second-order valence-corrected chi connectivity index (χ2v) is 21.1. The van der Waals surface area contributed by atoms with Crippen LogP contribution in [0.25, 0.3) is 42.4 Å². The molecule has 0 unspecified atom stereocenters. The predicted molar refractivity (Wildman–Crippen MR) is 277 cm³/mol. The van der Waals surface area contributed by atoms with Crippen LogP contribution in [-0.4, -0.2) is 0 Å². The molecule has 11 aromatic rings. The van der Waals surface area contributed by atoms with Crippen molar-refractivity contribution >= 4 is 72.1 Å². The first kappa shape index (κ1) is 37.2. The molecule has 0 atom stereocenters. The van der Waals surface area contributed by atoms with E-state index >= 15 is 0 Å². The average Bonchev–Trinajstić information content (AvgIpc) is 3.99. The highest BCUT2D eigenvalue weighted by Gasteiger charge is 2.52. The van der Waals surface area contributed by atoms with Crippen molar-refractivity contribution in [1.82, 2.24) is 0 Å². The van der Waals surface area contributed by atoms with Gasteiger partial charge in [0.15, 0.2) is 0 Å². The Kier molecular flexibility index (Phi) is 7.73. The zero-order valence-electron chi connectivity index (χ0n) is 35.5. The van der Waals surface area contributed by atoms with E-state index in [4.69, 9.17) is 0 Å². The van der Waals surface area contributed by atoms with Crippen molar-refractivity contribution in [1.29, 1.82) is 0 Å². The van der Waals surface area contributed by atoms with Crippen LogP contribution in [0, 0.1) is 0 Å². The number of thiophene rings is 1. The third-order valence-electron chi connectivity index (χ3n) is 14.8. The van der Waals surface area contributed by atoms with Crippen LogP contribution in [0.3, 0.4) is 0 Å². The topological polar surface area (TPSA) is 3.24 Å². The normalized spacial score (nSPS) is 14.8. The minimum Gasteiger partial charge on any atom is -0.310 e. The molecule has 66 heavy (non-hydrogen) atoms. The van der Waals surface area contributed by atoms with E-state index < -0.39 is 10.8 Å². The lowest BCUT2D eigenvalue weighted by atomic mass is 9.67. The van der Waals surface area contributed by atoms with Crippen LogP contribution < -0.4 is 4.90 Å². The van der Waals surface area contributed by atoms with Crippen molar-refractivity contribution < 1.29 is 0 Å². The third-order valence-corrected chi connectivity index (χ3v) is 18.2. The van der Waals surface area contributed by atoms with Crippen molar-refractivity contribution in [3.05, 3.63) is 269 Å². The molecule has 0 bridgehead atoms. The van der Waals surface area contributed by atoms with Gasteiger partial charge in [-0.3, -0.25) is 0 Å². The summed E-state index contributed by atoms with van der Waals surface area (Å²) < 4.78 is 2.60. The zero-order chi connectivity index (χ0) is 43.1. The summed E-state index contributed by atoms with van der Waals surface area (Å²) in [6, 6.07) is 85.2. The minimum atomic E-state index is -0.482. The van der Waals surface area contributed by atoms with E-state index in [0.29, 0.717) is 0 Å². The number of fused-ring (bicyclic) bond motifs is 21. The number of nitrogens with zero attached hydrogens (tertiary/aromatic N) is 1. The highest BCUT2D eigenvalue weighted by molar-refractivity contribution is 7.99. The Labute approximate surface area is 396 Å². The van der Waals surface area contributed by atoms with Gasteiger partial charge in [0, 0.05) is 56.7 Å². The summed E-state index contributed by atoms with van der Waals surface area (Å²) in [5, 5.41) is 2.61. The summed E-state index contributed by atoms with van der Waals surface area (Å²) in [4.78, 5) is 7.83. The Balaban J connectivity index is 1.03. The lowest BCUT2D eigenvalue weighted by Gasteiger charge is -2.40. The molecular formula is C62H37NS3. The minimum absolute atomic E-state index is 0.442. The van der Waals surface area contributed by atoms with E-state index in [1.165, 1.54) is 112 Å². The molecule has 3 heterocycles. The smallest absolute Gasteiger partial charge is 0.0736 e. The first-order valence-corrected chi connectivity index (χ1v) is 25.1. The second-order valence-electron chi connectivity index (χ2n) is 17.8. The molecule has 4 heteroatoms. The van der Waals surface area contributed by atoms with Gasteiger partial charge in [-0.1, -0.05) is 187 Å². The lowest BCUT2D eigenvalue weighted by Crippen LogP contribution is -2.32. The van der Waals surface area contributed by atoms with E-state index in [1.807, 2.05) is 34.9 Å². The van der Waals surface area contributed by atoms with Crippen molar-refractivity contribution in [2.75, 3.05) is 4.90 Å². The molecule has 1 aromatic heterocycles. The van der Waals surface area contributed by atoms with Gasteiger partial charge in [-0.2, -0.15) is 0 Å². The molecule has 0 saturated carbocycles. The molecule has 1 nitrogen and oxygen atoms in total. The molecule has 2 aliphatic carbocycles. The second kappa shape index (κ2) is 13.7. The van der Waals surface area contributed by atoms with Gasteiger partial charge < -0.3 is 4.90 Å². The number of hydrogen-bond donors (Lipinski definition) is 0. The fourth-order valence-corrected chi connectivity index (χ4v) is 15.9. The first-order valence-electron chi connectivity index (χ1n) is 22.7. The molecule has 4 aliphatic rings. The van der Waals surface area contributed by atoms with E-state index in [-0.39, 0.29) is 0 Å². The average molecular weight is 892 g/mol. The summed E-state index contributed by atoms with van der Waals surface area (Å²) in [7, 11) is 0. The monoisotopic (exact) mass is 891 g/mol. The van der Waals surface area contributed by atoms with Crippen molar-refractivity contribution in [2.24, 2.45) is 0 Å². The van der Waals surface area contributed by atoms with Crippen LogP contribution in [0.4, 0.5) is 17.1 Å². The van der Waals surface area contributed by atoms with Crippen LogP contribution >= 0.6 is 34.9 Å². The Morgan fingerprint density at radius 1 is 0.303 bits per heavy atom. The Morgan fingerprint density at radius 2 is 0.758 bits per heavy atom. The van der Waals surface area contributed by atoms with E-state index in [1.54, 1.807) is 0 Å². The summed E-state index contributed by atoms with van der Waals surface area (Å²) in [6.45, 7) is 0. The van der Waals surface area contributed by atoms with Gasteiger partial charge in [-0.25, -0.2) is 0 Å². The first-order chi connectivity index (χ1) is 32.7. The fraction of sp³-hybridized carbons (Fsp3) is 0.0323. The maximum Gasteiger partial charge on any atom is 0.0736 e. The maximum atomic E-state index is 2.57. The number of rotatable bonds is 3. The summed E-state index contributed by atoms with van der Waals surface area (Å²) >= 11 is 5.67. The standard InChI is InChI=1S/C62H37NS3/c1-4-19-45-40(16-1)44-36-38(33-35-47(44)61(45)48-21-6-11-28-55(48)65-56-29-12-7-22-49(56)61)63(39-32-34-42-41-17-3-10-27-54(41)64-59(42)37-39)53-26-15-25-52-60(53)43-18-2-5-20-46(43)62(52)50-23-8-13-30-57(50)66-58-31-14-9-24-51(58)62/h1-37H. The molecule has 0 amide bonds. The largest absolute Gasteiger partial charge is 0.310 e. The van der Waals surface area contributed by atoms with Gasteiger partial charge in [0.25, 0.3) is 0 Å². The Morgan fingerprint density at radius 3 is 1.41 bits per heavy atom. The van der Waals surface area contributed by atoms with Gasteiger partial charge in [-0.05, 0) is 122 Å². The SMILES string of the molecule is c1ccc2c(c1)Sc1ccccc1C21c2ccccc2-c2cc(N(c3ccc4c(c3)sc3ccccc34)c3cccc4c3-c3ccccc3C43c4ccccc4Sc4ccccc43)ccc21. The van der Waals surface area contributed by atoms with Crippen LogP contribution in [-0.2, 0) is 10.8 Å². The molecule has 0 saturated heterocycles. The van der Waals surface area contributed by atoms with Crippen LogP contribution in [0.15, 0.2) is 244 Å². The number of benzene rings is 10. The van der Waals surface area contributed by atoms with E-state index in [2.05, 4.69) is 229 Å². The summed E-state index contributed by atoms with van der Waals surface area (Å²) in [5.74, 6) is 0. The lowest BCUT2D eigenvalue weighted by molar-refractivity contribution is 0.722. The quantitative estimate of drug-likeness (QED) is 0.174. The predicted octanol–water partition coefficient (Wildman–Crippen LogP) is 17.2. The van der Waals surface area contributed by atoms with E-state index in [9.17, 15) is 0 Å². The van der Waals surface area contributed by atoms with Crippen molar-refractivity contribution in [2.45, 2.75) is 30.4 Å². The maximum absolute atomic E-state index is 2.57. The molecule has 15 rings (SSSR count). The van der Waals surface area contributed by atoms with Crippen molar-refractivity contribution in [3.63, 3.8) is 0 Å². The van der Waals surface area contributed by atoms with Crippen LogP contribution in [0.2, 0.25) is 0 Å². The molecular weight excluding hydrogens is 855 g/mol. The highest BCUT2D eigenvalue weighted by atomic mass is 32.2. The highest BCUT2D eigenvalue weighted by Crippen LogP contribution is 2.66. The van der Waals surface area contributed by atoms with Gasteiger partial charge in [0.1, 0.15) is 0 Å². The third kappa shape index (κ3) is 4.73. The van der Waals surface area contributed by atoms with Gasteiger partial charge in [0.05, 0.1) is 16.5 Å². The van der Waals surface area contributed by atoms with Gasteiger partial charge >= 0.3 is 0 Å². The molecule has 2 aliphatic heterocycles. The van der Waals surface area contributed by atoms with Gasteiger partial charge in [-0.15, -0.1) is 11.3 Å².